The van der Waals surface area contributed by atoms with E-state index in [4.69, 9.17) is 9.84 Å². The van der Waals surface area contributed by atoms with Gasteiger partial charge in [0.1, 0.15) is 5.75 Å². The smallest absolute Gasteiger partial charge is 0.164 e. The molecule has 0 heterocycles. The van der Waals surface area contributed by atoms with Crippen LogP contribution < -0.4 is 4.74 Å². The molecule has 0 bridgehead atoms. The number of ketones is 1. The van der Waals surface area contributed by atoms with Crippen molar-refractivity contribution in [1.29, 1.82) is 0 Å². The molecule has 1 aromatic carbocycles. The van der Waals surface area contributed by atoms with Crippen LogP contribution in [0.2, 0.25) is 0 Å². The molecule has 1 aromatic rings. The van der Waals surface area contributed by atoms with Crippen LogP contribution in [0.3, 0.4) is 0 Å². The van der Waals surface area contributed by atoms with Crippen LogP contribution in [0, 0.1) is 0 Å². The van der Waals surface area contributed by atoms with Crippen LogP contribution in [0.15, 0.2) is 18.2 Å². The largest absolute Gasteiger partial charge is 0.494 e. The van der Waals surface area contributed by atoms with Crippen molar-refractivity contribution in [3.63, 3.8) is 0 Å². The number of carbonyl (C=O) groups excluding carboxylic acids is 1. The minimum atomic E-state index is -0.129. The van der Waals surface area contributed by atoms with Crippen molar-refractivity contribution in [3.05, 3.63) is 29.3 Å². The van der Waals surface area contributed by atoms with Crippen molar-refractivity contribution in [2.24, 2.45) is 0 Å². The maximum absolute atomic E-state index is 11.8. The normalized spacial score (nSPS) is 10.2. The summed E-state index contributed by atoms with van der Waals surface area (Å²) in [5.74, 6) is 0.681. The van der Waals surface area contributed by atoms with Gasteiger partial charge < -0.3 is 9.84 Å². The van der Waals surface area contributed by atoms with Crippen molar-refractivity contribution in [1.82, 2.24) is 0 Å². The molecule has 0 aliphatic rings. The predicted octanol–water partition coefficient (Wildman–Crippen LogP) is 2.55. The second-order valence-electron chi connectivity index (χ2n) is 3.27. The summed E-state index contributed by atoms with van der Waals surface area (Å²) < 4.78 is 5.33. The van der Waals surface area contributed by atoms with Crippen LogP contribution in [0.1, 0.15) is 29.3 Å². The van der Waals surface area contributed by atoms with E-state index in [-0.39, 0.29) is 12.4 Å². The Balaban J connectivity index is 3.01. The molecular weight excluding hydrogens is 272 g/mol. The summed E-state index contributed by atoms with van der Waals surface area (Å²) in [5, 5.41) is 9.77. The van der Waals surface area contributed by atoms with Gasteiger partial charge in [-0.3, -0.25) is 4.79 Å². The van der Waals surface area contributed by atoms with E-state index in [9.17, 15) is 4.79 Å². The van der Waals surface area contributed by atoms with E-state index in [0.717, 1.165) is 0 Å². The number of hydrogen-bond donors (Lipinski definition) is 1. The third kappa shape index (κ3) is 3.32. The fourth-order valence-electron chi connectivity index (χ4n) is 1.43. The molecule has 0 aliphatic carbocycles. The third-order valence-corrected chi connectivity index (χ3v) is 2.58. The zero-order valence-electron chi connectivity index (χ0n) is 9.20. The highest BCUT2D eigenvalue weighted by molar-refractivity contribution is 9.09. The van der Waals surface area contributed by atoms with E-state index in [1.807, 2.05) is 6.92 Å². The number of benzene rings is 1. The molecular formula is C12H15BrO3. The lowest BCUT2D eigenvalue weighted by Crippen LogP contribution is -2.05. The zero-order chi connectivity index (χ0) is 12.0. The Kier molecular flexibility index (Phi) is 5.49. The number of halogens is 1. The van der Waals surface area contributed by atoms with Crippen LogP contribution >= 0.6 is 15.9 Å². The minimum absolute atomic E-state index is 0.0162. The number of hydrogen-bond acceptors (Lipinski definition) is 3. The molecule has 88 valence electrons. The molecule has 0 saturated heterocycles. The van der Waals surface area contributed by atoms with Gasteiger partial charge in [-0.05, 0) is 24.6 Å². The average Bonchev–Trinajstić information content (AvgIpc) is 2.30. The highest BCUT2D eigenvalue weighted by Crippen LogP contribution is 2.20. The quantitative estimate of drug-likeness (QED) is 0.646. The van der Waals surface area contributed by atoms with E-state index in [2.05, 4.69) is 15.9 Å². The van der Waals surface area contributed by atoms with Crippen LogP contribution in [0.5, 0.6) is 5.75 Å². The Labute approximate surface area is 104 Å². The third-order valence-electron chi connectivity index (χ3n) is 2.18. The lowest BCUT2D eigenvalue weighted by molar-refractivity contribution is 0.0986. The second kappa shape index (κ2) is 6.66. The first-order valence-corrected chi connectivity index (χ1v) is 6.30. The van der Waals surface area contributed by atoms with E-state index in [1.165, 1.54) is 0 Å². The van der Waals surface area contributed by atoms with Crippen molar-refractivity contribution >= 4 is 21.7 Å². The van der Waals surface area contributed by atoms with Gasteiger partial charge in [-0.2, -0.15) is 0 Å². The van der Waals surface area contributed by atoms with Crippen LogP contribution in [-0.4, -0.2) is 22.8 Å². The molecule has 0 aliphatic heterocycles. The Bertz CT molecular complexity index is 363. The topological polar surface area (TPSA) is 46.5 Å². The number of alkyl halides is 1. The molecule has 0 aromatic heterocycles. The van der Waals surface area contributed by atoms with Crippen LogP contribution in [0.25, 0.3) is 0 Å². The molecule has 4 heteroatoms. The van der Waals surface area contributed by atoms with Gasteiger partial charge in [-0.1, -0.05) is 22.0 Å². The van der Waals surface area contributed by atoms with Gasteiger partial charge in [0.25, 0.3) is 0 Å². The molecule has 0 spiro atoms. The molecule has 16 heavy (non-hydrogen) atoms. The average molecular weight is 287 g/mol. The first-order chi connectivity index (χ1) is 7.72. The molecule has 0 fully saturated rings. The molecule has 0 atom stereocenters. The van der Waals surface area contributed by atoms with Crippen LogP contribution in [-0.2, 0) is 6.61 Å². The van der Waals surface area contributed by atoms with E-state index in [0.29, 0.717) is 35.2 Å². The van der Waals surface area contributed by atoms with Gasteiger partial charge in [0, 0.05) is 17.3 Å². The predicted molar refractivity (Wildman–Crippen MR) is 66.3 cm³/mol. The summed E-state index contributed by atoms with van der Waals surface area (Å²) in [7, 11) is 0. The summed E-state index contributed by atoms with van der Waals surface area (Å²) in [6, 6.07) is 5.19. The lowest BCUT2D eigenvalue weighted by atomic mass is 10.0. The summed E-state index contributed by atoms with van der Waals surface area (Å²) >= 11 is 3.23. The summed E-state index contributed by atoms with van der Waals surface area (Å²) in [4.78, 5) is 11.8. The van der Waals surface area contributed by atoms with E-state index >= 15 is 0 Å². The number of aliphatic hydroxyl groups is 1. The Hall–Kier alpha value is -0.870. The van der Waals surface area contributed by atoms with Crippen molar-refractivity contribution in [2.75, 3.05) is 11.9 Å². The highest BCUT2D eigenvalue weighted by Gasteiger charge is 2.11. The number of aliphatic hydroxyl groups excluding tert-OH is 1. The highest BCUT2D eigenvalue weighted by atomic mass is 79.9. The van der Waals surface area contributed by atoms with Crippen molar-refractivity contribution in [2.45, 2.75) is 20.0 Å². The van der Waals surface area contributed by atoms with E-state index in [1.54, 1.807) is 18.2 Å². The van der Waals surface area contributed by atoms with Gasteiger partial charge in [-0.15, -0.1) is 0 Å². The SMILES string of the molecule is CCOc1ccc(CO)c(C(=O)CCBr)c1. The Morgan fingerprint density at radius 1 is 1.50 bits per heavy atom. The monoisotopic (exact) mass is 286 g/mol. The first-order valence-electron chi connectivity index (χ1n) is 5.18. The number of carbonyl (C=O) groups is 1. The first kappa shape index (κ1) is 13.2. The standard InChI is InChI=1S/C12H15BrO3/c1-2-16-10-4-3-9(8-14)11(7-10)12(15)5-6-13/h3-4,7,14H,2,5-6,8H2,1H3. The maximum Gasteiger partial charge on any atom is 0.164 e. The molecule has 0 saturated carbocycles. The molecule has 0 radical (unpaired) electrons. The Morgan fingerprint density at radius 3 is 2.81 bits per heavy atom. The molecule has 0 amide bonds. The molecule has 3 nitrogen and oxygen atoms in total. The van der Waals surface area contributed by atoms with Crippen molar-refractivity contribution in [3.8, 4) is 5.75 Å². The zero-order valence-corrected chi connectivity index (χ0v) is 10.8. The fourth-order valence-corrected chi connectivity index (χ4v) is 1.79. The fraction of sp³-hybridized carbons (Fsp3) is 0.417. The van der Waals surface area contributed by atoms with Gasteiger partial charge >= 0.3 is 0 Å². The number of ether oxygens (including phenoxy) is 1. The molecule has 1 rings (SSSR count). The Morgan fingerprint density at radius 2 is 2.25 bits per heavy atom. The summed E-state index contributed by atoms with van der Waals surface area (Å²) in [6.07, 6.45) is 0.419. The lowest BCUT2D eigenvalue weighted by Gasteiger charge is -2.09. The van der Waals surface area contributed by atoms with Crippen molar-refractivity contribution < 1.29 is 14.6 Å². The van der Waals surface area contributed by atoms with Gasteiger partial charge in [-0.25, -0.2) is 0 Å². The number of Topliss-reactive ketones (excluding diaryl/α,β-unsaturated/α-hetero) is 1. The van der Waals surface area contributed by atoms with Gasteiger partial charge in [0.05, 0.1) is 13.2 Å². The van der Waals surface area contributed by atoms with Crippen LogP contribution in [0.4, 0.5) is 0 Å². The minimum Gasteiger partial charge on any atom is -0.494 e. The second-order valence-corrected chi connectivity index (χ2v) is 4.07. The maximum atomic E-state index is 11.8. The van der Waals surface area contributed by atoms with Gasteiger partial charge in [0.15, 0.2) is 5.78 Å². The summed E-state index contributed by atoms with van der Waals surface area (Å²) in [6.45, 7) is 2.32. The van der Waals surface area contributed by atoms with Gasteiger partial charge in [0.2, 0.25) is 0 Å². The van der Waals surface area contributed by atoms with E-state index < -0.39 is 0 Å². The molecule has 0 unspecified atom stereocenters. The molecule has 1 N–H and O–H groups in total. The number of rotatable bonds is 6. The summed E-state index contributed by atoms with van der Waals surface area (Å²) in [5.41, 5.74) is 1.20.